The molecule has 0 saturated heterocycles. The van der Waals surface area contributed by atoms with Crippen molar-refractivity contribution >= 4 is 11.9 Å². The molecule has 104 valence electrons. The third kappa shape index (κ3) is 2.57. The smallest absolute Gasteiger partial charge is 0.331 e. The Balaban J connectivity index is 2.18. The summed E-state index contributed by atoms with van der Waals surface area (Å²) in [5.74, 6) is -0.248. The second-order valence-electron chi connectivity index (χ2n) is 5.98. The van der Waals surface area contributed by atoms with Gasteiger partial charge in [0, 0.05) is 30.2 Å². The van der Waals surface area contributed by atoms with E-state index in [-0.39, 0.29) is 29.4 Å². The minimum absolute atomic E-state index is 0.0534. The molecule has 2 aliphatic rings. The van der Waals surface area contributed by atoms with E-state index in [9.17, 15) is 9.59 Å². The number of carbonyl (C=O) groups excluding carboxylic acids is 2. The van der Waals surface area contributed by atoms with Gasteiger partial charge in [-0.3, -0.25) is 4.79 Å². The molecule has 0 spiro atoms. The molecule has 4 nitrogen and oxygen atoms in total. The maximum atomic E-state index is 12.1. The van der Waals surface area contributed by atoms with Gasteiger partial charge < -0.3 is 9.64 Å². The van der Waals surface area contributed by atoms with Gasteiger partial charge in [-0.25, -0.2) is 4.79 Å². The van der Waals surface area contributed by atoms with Crippen molar-refractivity contribution in [1.82, 2.24) is 4.90 Å². The first kappa shape index (κ1) is 13.8. The summed E-state index contributed by atoms with van der Waals surface area (Å²) >= 11 is 0. The van der Waals surface area contributed by atoms with Crippen LogP contribution in [0.5, 0.6) is 0 Å². The van der Waals surface area contributed by atoms with E-state index >= 15 is 0 Å². The molecular weight excluding hydrogens is 242 g/mol. The van der Waals surface area contributed by atoms with Crippen molar-refractivity contribution in [3.8, 4) is 0 Å². The first-order valence-electron chi connectivity index (χ1n) is 6.73. The lowest BCUT2D eigenvalue weighted by Crippen LogP contribution is -2.42. The Bertz CT molecular complexity index is 460. The number of rotatable bonds is 3. The number of esters is 1. The molecule has 0 aromatic rings. The van der Waals surface area contributed by atoms with Gasteiger partial charge in [-0.2, -0.15) is 0 Å². The van der Waals surface area contributed by atoms with Crippen molar-refractivity contribution in [3.63, 3.8) is 0 Å². The van der Waals surface area contributed by atoms with Crippen LogP contribution < -0.4 is 0 Å². The van der Waals surface area contributed by atoms with Crippen LogP contribution in [-0.2, 0) is 14.3 Å². The zero-order valence-electron chi connectivity index (χ0n) is 12.0. The van der Waals surface area contributed by atoms with E-state index in [1.807, 2.05) is 32.6 Å². The average Bonchev–Trinajstić information content (AvgIpc) is 2.76. The van der Waals surface area contributed by atoms with Crippen LogP contribution in [0, 0.1) is 5.41 Å². The maximum absolute atomic E-state index is 12.1. The fraction of sp³-hybridized carbons (Fsp3) is 0.600. The van der Waals surface area contributed by atoms with E-state index in [0.717, 1.165) is 18.5 Å². The summed E-state index contributed by atoms with van der Waals surface area (Å²) in [4.78, 5) is 25.1. The van der Waals surface area contributed by atoms with E-state index in [0.29, 0.717) is 0 Å². The van der Waals surface area contributed by atoms with Gasteiger partial charge in [0.15, 0.2) is 0 Å². The Labute approximate surface area is 114 Å². The molecule has 0 N–H and O–H groups in total. The van der Waals surface area contributed by atoms with Crippen LogP contribution >= 0.6 is 0 Å². The zero-order valence-corrected chi connectivity index (χ0v) is 12.0. The fourth-order valence-corrected chi connectivity index (χ4v) is 2.62. The number of carbonyl (C=O) groups is 2. The summed E-state index contributed by atoms with van der Waals surface area (Å²) in [6.07, 6.45) is 5.51. The van der Waals surface area contributed by atoms with Crippen LogP contribution in [0.1, 0.15) is 34.1 Å². The summed E-state index contributed by atoms with van der Waals surface area (Å²) in [6.45, 7) is 8.80. The Kier molecular flexibility index (Phi) is 3.52. The van der Waals surface area contributed by atoms with Gasteiger partial charge in [0.05, 0.1) is 0 Å². The highest BCUT2D eigenvalue weighted by Gasteiger charge is 2.38. The summed E-state index contributed by atoms with van der Waals surface area (Å²) in [6, 6.07) is 0.220. The zero-order chi connectivity index (χ0) is 14.2. The minimum atomic E-state index is -0.332. The second-order valence-corrected chi connectivity index (χ2v) is 5.98. The molecule has 0 saturated carbocycles. The number of ether oxygens (including phenoxy) is 1. The predicted molar refractivity (Wildman–Crippen MR) is 72.4 cm³/mol. The third-order valence-corrected chi connectivity index (χ3v) is 4.02. The first-order valence-corrected chi connectivity index (χ1v) is 6.73. The first-order chi connectivity index (χ1) is 8.82. The van der Waals surface area contributed by atoms with Crippen molar-refractivity contribution in [2.45, 2.75) is 46.3 Å². The second kappa shape index (κ2) is 4.83. The minimum Gasteiger partial charge on any atom is -0.454 e. The van der Waals surface area contributed by atoms with E-state index in [2.05, 4.69) is 0 Å². The predicted octanol–water partition coefficient (Wildman–Crippen LogP) is 2.06. The SMILES string of the molecule is CC(C)N1CCC(C(C)(C)C2C=CC(=O)O2)=CC1=O. The summed E-state index contributed by atoms with van der Waals surface area (Å²) in [7, 11) is 0. The molecule has 1 amide bonds. The molecule has 2 rings (SSSR count). The molecule has 0 aliphatic carbocycles. The monoisotopic (exact) mass is 263 g/mol. The Morgan fingerprint density at radius 3 is 2.53 bits per heavy atom. The largest absolute Gasteiger partial charge is 0.454 e. The molecule has 0 aromatic carbocycles. The van der Waals surface area contributed by atoms with Gasteiger partial charge in [0.25, 0.3) is 0 Å². The van der Waals surface area contributed by atoms with E-state index in [1.54, 1.807) is 12.2 Å². The highest BCUT2D eigenvalue weighted by molar-refractivity contribution is 5.90. The lowest BCUT2D eigenvalue weighted by Gasteiger charge is -2.37. The quantitative estimate of drug-likeness (QED) is 0.732. The molecule has 4 heteroatoms. The number of nitrogens with zero attached hydrogens (tertiary/aromatic N) is 1. The number of hydrogen-bond acceptors (Lipinski definition) is 3. The molecule has 19 heavy (non-hydrogen) atoms. The van der Waals surface area contributed by atoms with Crippen molar-refractivity contribution in [1.29, 1.82) is 0 Å². The van der Waals surface area contributed by atoms with Crippen LogP contribution in [-0.4, -0.2) is 35.5 Å². The fourth-order valence-electron chi connectivity index (χ4n) is 2.62. The van der Waals surface area contributed by atoms with E-state index < -0.39 is 0 Å². The molecule has 2 aliphatic heterocycles. The van der Waals surface area contributed by atoms with Crippen LogP contribution in [0.25, 0.3) is 0 Å². The van der Waals surface area contributed by atoms with Crippen LogP contribution in [0.4, 0.5) is 0 Å². The molecule has 1 unspecified atom stereocenters. The van der Waals surface area contributed by atoms with Crippen molar-refractivity contribution < 1.29 is 14.3 Å². The third-order valence-electron chi connectivity index (χ3n) is 4.02. The molecule has 2 heterocycles. The van der Waals surface area contributed by atoms with Crippen molar-refractivity contribution in [2.75, 3.05) is 6.54 Å². The summed E-state index contributed by atoms with van der Waals surface area (Å²) < 4.78 is 5.27. The van der Waals surface area contributed by atoms with Crippen molar-refractivity contribution in [2.24, 2.45) is 5.41 Å². The van der Waals surface area contributed by atoms with E-state index in [1.165, 1.54) is 6.08 Å². The van der Waals surface area contributed by atoms with E-state index in [4.69, 9.17) is 4.74 Å². The van der Waals surface area contributed by atoms with Gasteiger partial charge in [0.1, 0.15) is 6.10 Å². The van der Waals surface area contributed by atoms with Crippen molar-refractivity contribution in [3.05, 3.63) is 23.8 Å². The standard InChI is InChI=1S/C15H21NO3/c1-10(2)16-8-7-11(9-13(16)17)15(3,4)12-5-6-14(18)19-12/h5-6,9-10,12H,7-8H2,1-4H3. The molecule has 0 bridgehead atoms. The Hall–Kier alpha value is -1.58. The summed E-state index contributed by atoms with van der Waals surface area (Å²) in [5.41, 5.74) is 0.722. The number of cyclic esters (lactones) is 1. The normalized spacial score (nSPS) is 23.9. The molecule has 0 radical (unpaired) electrons. The summed E-state index contributed by atoms with van der Waals surface area (Å²) in [5, 5.41) is 0. The van der Waals surface area contributed by atoms with Gasteiger partial charge in [-0.05, 0) is 26.3 Å². The molecule has 0 fully saturated rings. The number of amides is 1. The van der Waals surface area contributed by atoms with Gasteiger partial charge >= 0.3 is 5.97 Å². The lowest BCUT2D eigenvalue weighted by molar-refractivity contribution is -0.141. The van der Waals surface area contributed by atoms with Crippen LogP contribution in [0.15, 0.2) is 23.8 Å². The topological polar surface area (TPSA) is 46.6 Å². The van der Waals surface area contributed by atoms with Crippen LogP contribution in [0.3, 0.4) is 0 Å². The maximum Gasteiger partial charge on any atom is 0.331 e. The Morgan fingerprint density at radius 2 is 2.05 bits per heavy atom. The van der Waals surface area contributed by atoms with Crippen LogP contribution in [0.2, 0.25) is 0 Å². The van der Waals surface area contributed by atoms with Gasteiger partial charge in [-0.1, -0.05) is 19.4 Å². The highest BCUT2D eigenvalue weighted by Crippen LogP contribution is 2.38. The highest BCUT2D eigenvalue weighted by atomic mass is 16.5. The average molecular weight is 263 g/mol. The molecule has 0 aromatic heterocycles. The molecule has 1 atom stereocenters. The molecular formula is C15H21NO3. The van der Waals surface area contributed by atoms with Gasteiger partial charge in [0.2, 0.25) is 5.91 Å². The van der Waals surface area contributed by atoms with Gasteiger partial charge in [-0.15, -0.1) is 0 Å². The number of hydrogen-bond donors (Lipinski definition) is 0. The Morgan fingerprint density at radius 1 is 1.37 bits per heavy atom. The lowest BCUT2D eigenvalue weighted by atomic mass is 9.76.